The van der Waals surface area contributed by atoms with Gasteiger partial charge >= 0.3 is 0 Å². The molecule has 0 radical (unpaired) electrons. The van der Waals surface area contributed by atoms with E-state index in [0.717, 1.165) is 25.3 Å². The molecule has 1 aliphatic heterocycles. The van der Waals surface area contributed by atoms with Crippen LogP contribution < -0.4 is 5.32 Å². The topological polar surface area (TPSA) is 32.3 Å². The molecule has 0 saturated carbocycles. The van der Waals surface area contributed by atoms with Gasteiger partial charge in [-0.25, -0.2) is 0 Å². The third-order valence-corrected chi connectivity index (χ3v) is 3.95. The molecule has 15 heavy (non-hydrogen) atoms. The van der Waals surface area contributed by atoms with Gasteiger partial charge in [-0.3, -0.25) is 4.21 Å². The van der Waals surface area contributed by atoms with Crippen molar-refractivity contribution < 1.29 is 4.21 Å². The molecular formula is C11H24N2OS. The van der Waals surface area contributed by atoms with Gasteiger partial charge < -0.3 is 10.2 Å². The number of nitrogens with zero attached hydrogens (tertiary/aromatic N) is 1. The molecule has 1 heterocycles. The number of piperidine rings is 1. The molecule has 0 spiro atoms. The predicted octanol–water partition coefficient (Wildman–Crippen LogP) is 0.829. The maximum absolute atomic E-state index is 10.8. The molecule has 0 bridgehead atoms. The van der Waals surface area contributed by atoms with Crippen molar-refractivity contribution >= 4 is 10.8 Å². The Kier molecular flexibility index (Phi) is 6.45. The summed E-state index contributed by atoms with van der Waals surface area (Å²) in [5.74, 6) is 0.827. The second kappa shape index (κ2) is 7.36. The molecule has 0 aromatic carbocycles. The normalized spacial score (nSPS) is 25.3. The van der Waals surface area contributed by atoms with Crippen LogP contribution >= 0.6 is 0 Å². The first kappa shape index (κ1) is 13.1. The van der Waals surface area contributed by atoms with Crippen molar-refractivity contribution in [1.29, 1.82) is 0 Å². The lowest BCUT2D eigenvalue weighted by molar-refractivity contribution is 0.182. The molecule has 0 aromatic rings. The van der Waals surface area contributed by atoms with E-state index in [1.807, 2.05) is 0 Å². The van der Waals surface area contributed by atoms with Gasteiger partial charge in [-0.2, -0.15) is 0 Å². The van der Waals surface area contributed by atoms with E-state index >= 15 is 0 Å². The van der Waals surface area contributed by atoms with E-state index in [-0.39, 0.29) is 0 Å². The number of likely N-dealkylation sites (tertiary alicyclic amines) is 1. The van der Waals surface area contributed by atoms with Crippen LogP contribution in [0.1, 0.15) is 25.7 Å². The Labute approximate surface area is 96.1 Å². The fourth-order valence-electron chi connectivity index (χ4n) is 2.07. The monoisotopic (exact) mass is 232 g/mol. The van der Waals surface area contributed by atoms with Crippen LogP contribution in [0.5, 0.6) is 0 Å². The molecule has 0 aliphatic carbocycles. The van der Waals surface area contributed by atoms with Gasteiger partial charge in [-0.15, -0.1) is 0 Å². The number of likely N-dealkylation sites (N-methyl/N-ethyl adjacent to an activating group) is 1. The summed E-state index contributed by atoms with van der Waals surface area (Å²) < 4.78 is 10.8. The highest BCUT2D eigenvalue weighted by atomic mass is 32.2. The van der Waals surface area contributed by atoms with Crippen molar-refractivity contribution in [2.75, 3.05) is 38.7 Å². The van der Waals surface area contributed by atoms with E-state index in [1.165, 1.54) is 25.8 Å². The molecule has 2 atom stereocenters. The van der Waals surface area contributed by atoms with E-state index < -0.39 is 10.8 Å². The zero-order valence-electron chi connectivity index (χ0n) is 10.00. The van der Waals surface area contributed by atoms with Gasteiger partial charge in [0, 0.05) is 35.4 Å². The average molecular weight is 232 g/mol. The Morgan fingerprint density at radius 1 is 1.47 bits per heavy atom. The molecule has 0 aromatic heterocycles. The molecular weight excluding hydrogens is 208 g/mol. The number of hydrogen-bond acceptors (Lipinski definition) is 3. The Bertz CT molecular complexity index is 199. The Morgan fingerprint density at radius 3 is 2.93 bits per heavy atom. The van der Waals surface area contributed by atoms with Gasteiger partial charge in [0.05, 0.1) is 0 Å². The first-order valence-corrected chi connectivity index (χ1v) is 7.64. The van der Waals surface area contributed by atoms with Gasteiger partial charge in [-0.1, -0.05) is 6.42 Å². The number of hydrogen-bond donors (Lipinski definition) is 1. The third-order valence-electron chi connectivity index (χ3n) is 3.09. The van der Waals surface area contributed by atoms with E-state index in [9.17, 15) is 4.21 Å². The van der Waals surface area contributed by atoms with Crippen LogP contribution in [-0.4, -0.2) is 53.8 Å². The van der Waals surface area contributed by atoms with E-state index in [2.05, 4.69) is 17.3 Å². The lowest BCUT2D eigenvalue weighted by atomic mass is 10.0. The van der Waals surface area contributed by atoms with E-state index in [0.29, 0.717) is 6.04 Å². The summed E-state index contributed by atoms with van der Waals surface area (Å²) in [6.07, 6.45) is 6.84. The molecule has 4 heteroatoms. The molecule has 1 aliphatic rings. The van der Waals surface area contributed by atoms with Gasteiger partial charge in [0.15, 0.2) is 0 Å². The second-order valence-corrected chi connectivity index (χ2v) is 6.02. The summed E-state index contributed by atoms with van der Waals surface area (Å²) in [4.78, 5) is 2.45. The van der Waals surface area contributed by atoms with Gasteiger partial charge in [0.2, 0.25) is 0 Å². The van der Waals surface area contributed by atoms with Crippen molar-refractivity contribution in [2.45, 2.75) is 31.7 Å². The van der Waals surface area contributed by atoms with Gasteiger partial charge in [-0.05, 0) is 39.4 Å². The van der Waals surface area contributed by atoms with Gasteiger partial charge in [0.25, 0.3) is 0 Å². The molecule has 2 unspecified atom stereocenters. The molecule has 1 fully saturated rings. The van der Waals surface area contributed by atoms with Crippen LogP contribution in [0.3, 0.4) is 0 Å². The SMILES string of the molecule is CN1CCCCC1CNCCCS(C)=O. The predicted molar refractivity (Wildman–Crippen MR) is 66.7 cm³/mol. The first-order valence-electron chi connectivity index (χ1n) is 5.91. The molecule has 0 amide bonds. The maximum Gasteiger partial charge on any atom is 0.0244 e. The summed E-state index contributed by atoms with van der Waals surface area (Å²) in [7, 11) is 1.58. The van der Waals surface area contributed by atoms with Crippen molar-refractivity contribution in [1.82, 2.24) is 10.2 Å². The molecule has 3 nitrogen and oxygen atoms in total. The highest BCUT2D eigenvalue weighted by Crippen LogP contribution is 2.13. The van der Waals surface area contributed by atoms with Crippen LogP contribution in [-0.2, 0) is 10.8 Å². The molecule has 1 rings (SSSR count). The summed E-state index contributed by atoms with van der Waals surface area (Å²) in [5, 5.41) is 3.46. The number of nitrogens with one attached hydrogen (secondary N) is 1. The third kappa shape index (κ3) is 5.64. The largest absolute Gasteiger partial charge is 0.315 e. The van der Waals surface area contributed by atoms with Crippen LogP contribution in [0.15, 0.2) is 0 Å². The fraction of sp³-hybridized carbons (Fsp3) is 1.00. The summed E-state index contributed by atoms with van der Waals surface area (Å²) in [6.45, 7) is 3.34. The lowest BCUT2D eigenvalue weighted by Gasteiger charge is -2.32. The zero-order valence-corrected chi connectivity index (χ0v) is 10.8. The zero-order chi connectivity index (χ0) is 11.1. The number of rotatable bonds is 6. The van der Waals surface area contributed by atoms with Crippen LogP contribution in [0.2, 0.25) is 0 Å². The molecule has 1 N–H and O–H groups in total. The van der Waals surface area contributed by atoms with Crippen molar-refractivity contribution in [2.24, 2.45) is 0 Å². The highest BCUT2D eigenvalue weighted by molar-refractivity contribution is 7.84. The average Bonchev–Trinajstić information content (AvgIpc) is 2.20. The van der Waals surface area contributed by atoms with Gasteiger partial charge in [0.1, 0.15) is 0 Å². The minimum Gasteiger partial charge on any atom is -0.315 e. The Balaban J connectivity index is 2.01. The summed E-state index contributed by atoms with van der Waals surface area (Å²) in [5.41, 5.74) is 0. The molecule has 90 valence electrons. The molecule has 1 saturated heterocycles. The fourth-order valence-corrected chi connectivity index (χ4v) is 2.62. The lowest BCUT2D eigenvalue weighted by Crippen LogP contribution is -2.43. The van der Waals surface area contributed by atoms with Crippen molar-refractivity contribution in [3.05, 3.63) is 0 Å². The van der Waals surface area contributed by atoms with Crippen molar-refractivity contribution in [3.63, 3.8) is 0 Å². The first-order chi connectivity index (χ1) is 7.20. The minimum absolute atomic E-state index is 0.631. The minimum atomic E-state index is -0.631. The smallest absolute Gasteiger partial charge is 0.0244 e. The van der Waals surface area contributed by atoms with Crippen molar-refractivity contribution in [3.8, 4) is 0 Å². The Hall–Kier alpha value is 0.0700. The summed E-state index contributed by atoms with van der Waals surface area (Å²) >= 11 is 0. The van der Waals surface area contributed by atoms with E-state index in [1.54, 1.807) is 6.26 Å². The van der Waals surface area contributed by atoms with E-state index in [4.69, 9.17) is 0 Å². The van der Waals surface area contributed by atoms with Crippen LogP contribution in [0, 0.1) is 0 Å². The summed E-state index contributed by atoms with van der Waals surface area (Å²) in [6, 6.07) is 0.714. The second-order valence-electron chi connectivity index (χ2n) is 4.47. The quantitative estimate of drug-likeness (QED) is 0.689. The Morgan fingerprint density at radius 2 is 2.27 bits per heavy atom. The maximum atomic E-state index is 10.8. The standard InChI is InChI=1S/C11H24N2OS/c1-13-8-4-3-6-11(13)10-12-7-5-9-15(2)14/h11-12H,3-10H2,1-2H3. The van der Waals surface area contributed by atoms with Crippen LogP contribution in [0.25, 0.3) is 0 Å². The highest BCUT2D eigenvalue weighted by Gasteiger charge is 2.17. The van der Waals surface area contributed by atoms with Crippen LogP contribution in [0.4, 0.5) is 0 Å².